The molecule has 0 amide bonds. The summed E-state index contributed by atoms with van der Waals surface area (Å²) in [6.07, 6.45) is 7.81. The van der Waals surface area contributed by atoms with Gasteiger partial charge in [-0.05, 0) is 39.0 Å². The Hall–Kier alpha value is -3.17. The minimum atomic E-state index is -0.0397. The lowest BCUT2D eigenvalue weighted by Gasteiger charge is -2.35. The van der Waals surface area contributed by atoms with Crippen LogP contribution in [0.3, 0.4) is 0 Å². The van der Waals surface area contributed by atoms with Crippen molar-refractivity contribution < 1.29 is 9.47 Å². The molecule has 1 fully saturated rings. The van der Waals surface area contributed by atoms with Crippen LogP contribution in [0.2, 0.25) is 0 Å². The molecule has 204 valence electrons. The molecule has 0 aliphatic carbocycles. The van der Waals surface area contributed by atoms with Gasteiger partial charge in [0.15, 0.2) is 0 Å². The van der Waals surface area contributed by atoms with Gasteiger partial charge in [-0.1, -0.05) is 32.1 Å². The van der Waals surface area contributed by atoms with Crippen LogP contribution >= 0.6 is 0 Å². The van der Waals surface area contributed by atoms with Crippen molar-refractivity contribution in [3.8, 4) is 0 Å². The summed E-state index contributed by atoms with van der Waals surface area (Å²) in [5, 5.41) is 3.42. The SMILES string of the molecule is C/C=C\COCCOC(C)/C=C(\C)Nc1cc(N(C)C)nc(N2CCN(c3ccccn3)CC2)n1.CC. The van der Waals surface area contributed by atoms with E-state index in [0.29, 0.717) is 19.8 Å². The van der Waals surface area contributed by atoms with Gasteiger partial charge in [0.2, 0.25) is 5.95 Å². The van der Waals surface area contributed by atoms with Crippen LogP contribution in [0, 0.1) is 0 Å². The molecule has 3 rings (SSSR count). The molecule has 9 heteroatoms. The maximum Gasteiger partial charge on any atom is 0.229 e. The first-order valence-electron chi connectivity index (χ1n) is 13.2. The van der Waals surface area contributed by atoms with E-state index < -0.39 is 0 Å². The summed E-state index contributed by atoms with van der Waals surface area (Å²) in [5.41, 5.74) is 0.974. The fourth-order valence-electron chi connectivity index (χ4n) is 3.72. The van der Waals surface area contributed by atoms with Gasteiger partial charge in [0.05, 0.1) is 25.9 Å². The molecule has 1 aliphatic heterocycles. The number of anilines is 4. The second kappa shape index (κ2) is 16.6. The molecule has 2 aromatic heterocycles. The molecule has 9 nitrogen and oxygen atoms in total. The minimum Gasteiger partial charge on any atom is -0.375 e. The molecule has 0 radical (unpaired) electrons. The van der Waals surface area contributed by atoms with E-state index in [2.05, 4.69) is 32.2 Å². The Morgan fingerprint density at radius 1 is 1.11 bits per heavy atom. The fourth-order valence-corrected chi connectivity index (χ4v) is 3.72. The predicted molar refractivity (Wildman–Crippen MR) is 155 cm³/mol. The molecule has 1 aliphatic rings. The highest BCUT2D eigenvalue weighted by molar-refractivity contribution is 5.56. The minimum absolute atomic E-state index is 0.0397. The lowest BCUT2D eigenvalue weighted by molar-refractivity contribution is 0.0377. The molecule has 0 saturated carbocycles. The first-order valence-corrected chi connectivity index (χ1v) is 13.2. The summed E-state index contributed by atoms with van der Waals surface area (Å²) in [7, 11) is 3.98. The van der Waals surface area contributed by atoms with E-state index in [4.69, 9.17) is 19.4 Å². The van der Waals surface area contributed by atoms with Crippen molar-refractivity contribution in [2.75, 3.05) is 80.1 Å². The van der Waals surface area contributed by atoms with Gasteiger partial charge in [0.25, 0.3) is 0 Å². The molecular weight excluding hydrogens is 466 g/mol. The molecule has 0 spiro atoms. The quantitative estimate of drug-likeness (QED) is 0.325. The van der Waals surface area contributed by atoms with Crippen molar-refractivity contribution in [2.45, 2.75) is 40.7 Å². The van der Waals surface area contributed by atoms with Crippen LogP contribution in [-0.4, -0.2) is 81.2 Å². The van der Waals surface area contributed by atoms with E-state index in [1.165, 1.54) is 0 Å². The maximum atomic E-state index is 5.83. The third-order valence-electron chi connectivity index (χ3n) is 5.56. The number of hydrogen-bond donors (Lipinski definition) is 1. The van der Waals surface area contributed by atoms with Gasteiger partial charge < -0.3 is 29.5 Å². The molecule has 2 aromatic rings. The second-order valence-electron chi connectivity index (χ2n) is 8.66. The van der Waals surface area contributed by atoms with E-state index in [1.54, 1.807) is 0 Å². The number of rotatable bonds is 12. The highest BCUT2D eigenvalue weighted by atomic mass is 16.5. The lowest BCUT2D eigenvalue weighted by Crippen LogP contribution is -2.47. The van der Waals surface area contributed by atoms with Crippen LogP contribution in [0.5, 0.6) is 0 Å². The summed E-state index contributed by atoms with van der Waals surface area (Å²) in [6.45, 7) is 15.2. The van der Waals surface area contributed by atoms with E-state index in [-0.39, 0.29) is 6.10 Å². The van der Waals surface area contributed by atoms with Crippen LogP contribution in [0.25, 0.3) is 0 Å². The molecule has 37 heavy (non-hydrogen) atoms. The van der Waals surface area contributed by atoms with Crippen LogP contribution in [0.4, 0.5) is 23.4 Å². The zero-order chi connectivity index (χ0) is 27.0. The predicted octanol–water partition coefficient (Wildman–Crippen LogP) is 4.60. The van der Waals surface area contributed by atoms with E-state index in [0.717, 1.165) is 55.3 Å². The van der Waals surface area contributed by atoms with Crippen molar-refractivity contribution in [1.29, 1.82) is 0 Å². The normalized spacial score (nSPS) is 14.8. The Bertz CT molecular complexity index is 958. The van der Waals surface area contributed by atoms with E-state index in [9.17, 15) is 0 Å². The number of nitrogens with one attached hydrogen (secondary N) is 1. The molecule has 1 N–H and O–H groups in total. The number of hydrogen-bond acceptors (Lipinski definition) is 9. The Labute approximate surface area is 223 Å². The van der Waals surface area contributed by atoms with Crippen molar-refractivity contribution in [2.24, 2.45) is 0 Å². The average molecular weight is 512 g/mol. The molecule has 1 unspecified atom stereocenters. The van der Waals surface area contributed by atoms with Crippen molar-refractivity contribution >= 4 is 23.4 Å². The largest absolute Gasteiger partial charge is 0.375 e. The summed E-state index contributed by atoms with van der Waals surface area (Å²) >= 11 is 0. The van der Waals surface area contributed by atoms with Gasteiger partial charge in [-0.3, -0.25) is 0 Å². The van der Waals surface area contributed by atoms with Gasteiger partial charge in [0, 0.05) is 58.2 Å². The van der Waals surface area contributed by atoms with Gasteiger partial charge in [-0.25, -0.2) is 4.98 Å². The second-order valence-corrected chi connectivity index (χ2v) is 8.66. The smallest absolute Gasteiger partial charge is 0.229 e. The Balaban J connectivity index is 0.00000235. The summed E-state index contributed by atoms with van der Waals surface area (Å²) in [4.78, 5) is 20.6. The molecular formula is C28H45N7O2. The van der Waals surface area contributed by atoms with Gasteiger partial charge in [-0.15, -0.1) is 0 Å². The first-order chi connectivity index (χ1) is 18.0. The highest BCUT2D eigenvalue weighted by Gasteiger charge is 2.21. The van der Waals surface area contributed by atoms with Crippen LogP contribution in [0.1, 0.15) is 34.6 Å². The van der Waals surface area contributed by atoms with Gasteiger partial charge >= 0.3 is 0 Å². The standard InChI is InChI=1S/C26H39N7O2.C2H6/c1-6-7-16-34-17-18-35-22(3)19-21(2)28-23-20-25(31(4)5)30-26(29-23)33-14-12-32(13-15-33)24-10-8-9-11-27-24;1-2/h6-11,19-20,22H,12-18H2,1-5H3,(H,28,29,30);1-2H3/b7-6-,21-19+;. The summed E-state index contributed by atoms with van der Waals surface area (Å²) in [6, 6.07) is 7.99. The maximum absolute atomic E-state index is 5.83. The van der Waals surface area contributed by atoms with Crippen LogP contribution < -0.4 is 20.0 Å². The molecule has 0 aromatic carbocycles. The Kier molecular flexibility index (Phi) is 13.4. The van der Waals surface area contributed by atoms with Gasteiger partial charge in [-0.2, -0.15) is 9.97 Å². The van der Waals surface area contributed by atoms with Crippen LogP contribution in [0.15, 0.2) is 54.4 Å². The average Bonchev–Trinajstić information content (AvgIpc) is 2.92. The zero-order valence-corrected chi connectivity index (χ0v) is 23.6. The van der Waals surface area contributed by atoms with Crippen molar-refractivity contribution in [3.63, 3.8) is 0 Å². The lowest BCUT2D eigenvalue weighted by atomic mass is 10.3. The monoisotopic (exact) mass is 511 g/mol. The molecule has 0 bridgehead atoms. The van der Waals surface area contributed by atoms with E-state index in [1.807, 2.05) is 90.2 Å². The number of ether oxygens (including phenoxy) is 2. The molecule has 1 saturated heterocycles. The third kappa shape index (κ3) is 10.4. The van der Waals surface area contributed by atoms with Crippen LogP contribution in [-0.2, 0) is 9.47 Å². The zero-order valence-electron chi connectivity index (χ0n) is 23.6. The number of pyridine rings is 1. The van der Waals surface area contributed by atoms with Crippen molar-refractivity contribution in [3.05, 3.63) is 54.4 Å². The van der Waals surface area contributed by atoms with E-state index >= 15 is 0 Å². The summed E-state index contributed by atoms with van der Waals surface area (Å²) in [5.74, 6) is 3.37. The Morgan fingerprint density at radius 2 is 1.84 bits per heavy atom. The fraction of sp³-hybridized carbons (Fsp3) is 0.536. The number of piperazine rings is 1. The summed E-state index contributed by atoms with van der Waals surface area (Å²) < 4.78 is 11.3. The number of nitrogens with zero attached hydrogens (tertiary/aromatic N) is 6. The number of allylic oxidation sites excluding steroid dienone is 2. The number of aromatic nitrogens is 3. The molecule has 3 heterocycles. The highest BCUT2D eigenvalue weighted by Crippen LogP contribution is 2.22. The topological polar surface area (TPSA) is 78.9 Å². The molecule has 1 atom stereocenters. The third-order valence-corrected chi connectivity index (χ3v) is 5.56. The Morgan fingerprint density at radius 3 is 2.49 bits per heavy atom. The first kappa shape index (κ1) is 30.1. The van der Waals surface area contributed by atoms with Gasteiger partial charge in [0.1, 0.15) is 17.5 Å². The van der Waals surface area contributed by atoms with Crippen molar-refractivity contribution in [1.82, 2.24) is 15.0 Å².